The Balaban J connectivity index is 2.48. The van der Waals surface area contributed by atoms with Gasteiger partial charge in [-0.05, 0) is 51.8 Å². The molecule has 0 bridgehead atoms. The third-order valence-electron chi connectivity index (χ3n) is 3.03. The van der Waals surface area contributed by atoms with E-state index in [-0.39, 0.29) is 5.69 Å². The fourth-order valence-electron chi connectivity index (χ4n) is 1.73. The smallest absolute Gasteiger partial charge is 0.267 e. The van der Waals surface area contributed by atoms with Gasteiger partial charge in [0.05, 0.1) is 4.92 Å². The Morgan fingerprint density at radius 2 is 1.91 bits per heavy atom. The van der Waals surface area contributed by atoms with Crippen LogP contribution in [-0.2, 0) is 0 Å². The highest BCUT2D eigenvalue weighted by Crippen LogP contribution is 2.11. The van der Waals surface area contributed by atoms with Crippen molar-refractivity contribution in [1.82, 2.24) is 5.43 Å². The van der Waals surface area contributed by atoms with Gasteiger partial charge in [0.25, 0.3) is 11.6 Å². The van der Waals surface area contributed by atoms with Gasteiger partial charge in [0.15, 0.2) is 0 Å². The first kappa shape index (κ1) is 18.3. The number of rotatable bonds is 7. The quantitative estimate of drug-likeness (QED) is 0.357. The molecule has 0 aliphatic carbocycles. The number of amides is 1. The van der Waals surface area contributed by atoms with Crippen molar-refractivity contribution in [2.24, 2.45) is 5.10 Å². The molecule has 23 heavy (non-hydrogen) atoms. The predicted molar refractivity (Wildman–Crippen MR) is 91.5 cm³/mol. The largest absolute Gasteiger partial charge is 0.271 e. The van der Waals surface area contributed by atoms with Crippen molar-refractivity contribution in [3.8, 4) is 0 Å². The fourth-order valence-corrected chi connectivity index (χ4v) is 1.73. The zero-order chi connectivity index (χ0) is 17.2. The van der Waals surface area contributed by atoms with Crippen molar-refractivity contribution >= 4 is 17.8 Å². The third-order valence-corrected chi connectivity index (χ3v) is 3.03. The van der Waals surface area contributed by atoms with Gasteiger partial charge in [-0.15, -0.1) is 0 Å². The zero-order valence-electron chi connectivity index (χ0n) is 13.6. The molecule has 1 amide bonds. The molecule has 0 saturated carbocycles. The second-order valence-electron chi connectivity index (χ2n) is 5.36. The number of nitro groups is 1. The van der Waals surface area contributed by atoms with Crippen LogP contribution in [0.4, 0.5) is 5.69 Å². The number of carbonyl (C=O) groups excluding carboxylic acids is 1. The van der Waals surface area contributed by atoms with E-state index in [0.717, 1.165) is 18.4 Å². The zero-order valence-corrected chi connectivity index (χ0v) is 13.6. The number of nitro benzene ring substituents is 1. The van der Waals surface area contributed by atoms with Gasteiger partial charge in [-0.25, -0.2) is 5.43 Å². The van der Waals surface area contributed by atoms with Crippen molar-refractivity contribution < 1.29 is 9.72 Å². The van der Waals surface area contributed by atoms with E-state index in [9.17, 15) is 14.9 Å². The molecule has 1 aromatic carbocycles. The van der Waals surface area contributed by atoms with Crippen LogP contribution in [0.15, 0.2) is 52.7 Å². The summed E-state index contributed by atoms with van der Waals surface area (Å²) in [5.41, 5.74) is 5.10. The maximum Gasteiger partial charge on any atom is 0.271 e. The van der Waals surface area contributed by atoms with Gasteiger partial charge in [0.2, 0.25) is 0 Å². The summed E-state index contributed by atoms with van der Waals surface area (Å²) < 4.78 is 0. The standard InChI is InChI=1S/C17H21N3O3/c1-13(2)5-4-6-14(3)11-12-18-19-17(21)15-7-9-16(10-8-15)20(22)23/h5,7-12H,4,6H2,1-3H3,(H,19,21)/b14-11+,18-12+. The minimum atomic E-state index is -0.511. The number of nitrogens with zero attached hydrogens (tertiary/aromatic N) is 2. The summed E-state index contributed by atoms with van der Waals surface area (Å²) in [4.78, 5) is 21.8. The van der Waals surface area contributed by atoms with Gasteiger partial charge < -0.3 is 0 Å². The minimum Gasteiger partial charge on any atom is -0.267 e. The first-order chi connectivity index (χ1) is 10.9. The highest BCUT2D eigenvalue weighted by atomic mass is 16.6. The van der Waals surface area contributed by atoms with Crippen LogP contribution in [0.25, 0.3) is 0 Å². The van der Waals surface area contributed by atoms with Gasteiger partial charge in [0.1, 0.15) is 0 Å². The Bertz CT molecular complexity index is 640. The maximum absolute atomic E-state index is 11.8. The number of allylic oxidation sites excluding steroid dienone is 4. The molecule has 0 radical (unpaired) electrons. The van der Waals surface area contributed by atoms with Gasteiger partial charge in [-0.2, -0.15) is 5.10 Å². The Labute approximate surface area is 135 Å². The van der Waals surface area contributed by atoms with Crippen LogP contribution in [0, 0.1) is 10.1 Å². The normalized spacial score (nSPS) is 11.3. The number of non-ortho nitro benzene ring substituents is 1. The van der Waals surface area contributed by atoms with Crippen molar-refractivity contribution in [2.45, 2.75) is 33.6 Å². The second kappa shape index (κ2) is 9.30. The van der Waals surface area contributed by atoms with Crippen LogP contribution in [0.1, 0.15) is 44.0 Å². The first-order valence-electron chi connectivity index (χ1n) is 7.27. The monoisotopic (exact) mass is 315 g/mol. The molecule has 0 atom stereocenters. The molecule has 0 heterocycles. The molecule has 0 saturated heterocycles. The molecule has 1 aromatic rings. The van der Waals surface area contributed by atoms with Crippen molar-refractivity contribution in [3.05, 3.63) is 63.2 Å². The number of benzene rings is 1. The van der Waals surface area contributed by atoms with Crippen LogP contribution in [0.5, 0.6) is 0 Å². The molecule has 1 N–H and O–H groups in total. The molecule has 0 fully saturated rings. The van der Waals surface area contributed by atoms with Crippen LogP contribution in [0.2, 0.25) is 0 Å². The number of hydrazone groups is 1. The number of carbonyl (C=O) groups is 1. The summed E-state index contributed by atoms with van der Waals surface area (Å²) in [5.74, 6) is -0.410. The lowest BCUT2D eigenvalue weighted by atomic mass is 10.1. The van der Waals surface area contributed by atoms with E-state index in [0.29, 0.717) is 5.56 Å². The Morgan fingerprint density at radius 1 is 1.26 bits per heavy atom. The third kappa shape index (κ3) is 7.17. The van der Waals surface area contributed by atoms with E-state index in [4.69, 9.17) is 0 Å². The fraction of sp³-hybridized carbons (Fsp3) is 0.294. The first-order valence-corrected chi connectivity index (χ1v) is 7.27. The van der Waals surface area contributed by atoms with Gasteiger partial charge in [-0.3, -0.25) is 14.9 Å². The molecular weight excluding hydrogens is 294 g/mol. The summed E-state index contributed by atoms with van der Waals surface area (Å²) in [6.07, 6.45) is 7.46. The average Bonchev–Trinajstić information content (AvgIpc) is 2.51. The van der Waals surface area contributed by atoms with E-state index < -0.39 is 10.8 Å². The van der Waals surface area contributed by atoms with Gasteiger partial charge in [0, 0.05) is 23.9 Å². The lowest BCUT2D eigenvalue weighted by Gasteiger charge is -1.99. The van der Waals surface area contributed by atoms with Gasteiger partial charge >= 0.3 is 0 Å². The SMILES string of the molecule is CC(C)=CCC/C(C)=C/C=N/NC(=O)c1ccc([N+](=O)[O-])cc1. The maximum atomic E-state index is 11.8. The molecule has 1 rings (SSSR count). The van der Waals surface area contributed by atoms with Crippen LogP contribution >= 0.6 is 0 Å². The number of nitrogens with one attached hydrogen (secondary N) is 1. The summed E-state index contributed by atoms with van der Waals surface area (Å²) >= 11 is 0. The molecule has 6 nitrogen and oxygen atoms in total. The van der Waals surface area contributed by atoms with E-state index in [1.54, 1.807) is 0 Å². The van der Waals surface area contributed by atoms with E-state index >= 15 is 0 Å². The molecule has 0 aliphatic heterocycles. The highest BCUT2D eigenvalue weighted by Gasteiger charge is 2.08. The van der Waals surface area contributed by atoms with E-state index in [1.165, 1.54) is 36.1 Å². The Morgan fingerprint density at radius 3 is 2.48 bits per heavy atom. The van der Waals surface area contributed by atoms with Crippen molar-refractivity contribution in [3.63, 3.8) is 0 Å². The molecule has 122 valence electrons. The lowest BCUT2D eigenvalue weighted by Crippen LogP contribution is -2.17. The van der Waals surface area contributed by atoms with Crippen molar-refractivity contribution in [1.29, 1.82) is 0 Å². The number of hydrogen-bond donors (Lipinski definition) is 1. The molecule has 0 aliphatic rings. The lowest BCUT2D eigenvalue weighted by molar-refractivity contribution is -0.384. The summed E-state index contributed by atoms with van der Waals surface area (Å²) in [5, 5.41) is 14.4. The van der Waals surface area contributed by atoms with Crippen LogP contribution < -0.4 is 5.43 Å². The topological polar surface area (TPSA) is 84.6 Å². The predicted octanol–water partition coefficient (Wildman–Crippen LogP) is 4.00. The summed E-state index contributed by atoms with van der Waals surface area (Å²) in [6, 6.07) is 5.35. The van der Waals surface area contributed by atoms with Gasteiger partial charge in [-0.1, -0.05) is 17.2 Å². The highest BCUT2D eigenvalue weighted by molar-refractivity contribution is 5.94. The Kier molecular flexibility index (Phi) is 7.39. The Hall–Kier alpha value is -2.76. The minimum absolute atomic E-state index is 0.0556. The number of hydrogen-bond acceptors (Lipinski definition) is 4. The molecular formula is C17H21N3O3. The summed E-state index contributed by atoms with van der Waals surface area (Å²) in [6.45, 7) is 6.13. The molecule has 0 aromatic heterocycles. The average molecular weight is 315 g/mol. The van der Waals surface area contributed by atoms with Crippen LogP contribution in [0.3, 0.4) is 0 Å². The van der Waals surface area contributed by atoms with Crippen LogP contribution in [-0.4, -0.2) is 17.0 Å². The summed E-state index contributed by atoms with van der Waals surface area (Å²) in [7, 11) is 0. The molecule has 0 unspecified atom stereocenters. The molecule has 6 heteroatoms. The van der Waals surface area contributed by atoms with Crippen molar-refractivity contribution in [2.75, 3.05) is 0 Å². The second-order valence-corrected chi connectivity index (χ2v) is 5.36. The van der Waals surface area contributed by atoms with E-state index in [1.807, 2.05) is 13.0 Å². The molecule has 0 spiro atoms. The van der Waals surface area contributed by atoms with E-state index in [2.05, 4.69) is 30.5 Å².